The molecule has 0 spiro atoms. The summed E-state index contributed by atoms with van der Waals surface area (Å²) >= 11 is 0. The van der Waals surface area contributed by atoms with Gasteiger partial charge < -0.3 is 19.7 Å². The molecule has 0 bridgehead atoms. The molecule has 2 aliphatic heterocycles. The van der Waals surface area contributed by atoms with Crippen molar-refractivity contribution in [1.82, 2.24) is 4.90 Å². The maximum atomic E-state index is 12.4. The Hall–Kier alpha value is -1.75. The predicted molar refractivity (Wildman–Crippen MR) is 98.9 cm³/mol. The van der Waals surface area contributed by atoms with E-state index in [0.717, 1.165) is 44.6 Å². The summed E-state index contributed by atoms with van der Waals surface area (Å²) in [6.45, 7) is 8.71. The summed E-state index contributed by atoms with van der Waals surface area (Å²) in [6, 6.07) is 6.84. The number of fused-ring (bicyclic) bond motifs is 1. The Morgan fingerprint density at radius 2 is 2.12 bits per heavy atom. The fourth-order valence-corrected chi connectivity index (χ4v) is 3.47. The molecule has 25 heavy (non-hydrogen) atoms. The van der Waals surface area contributed by atoms with Gasteiger partial charge in [0.25, 0.3) is 0 Å². The summed E-state index contributed by atoms with van der Waals surface area (Å²) in [5.74, 6) is 0. The number of nitrogens with one attached hydrogen (secondary N) is 1. The maximum Gasteiger partial charge on any atom is 0.410 e. The van der Waals surface area contributed by atoms with Gasteiger partial charge in [0, 0.05) is 31.5 Å². The van der Waals surface area contributed by atoms with Gasteiger partial charge in [0.2, 0.25) is 0 Å². The van der Waals surface area contributed by atoms with Gasteiger partial charge in [0.1, 0.15) is 5.60 Å². The Morgan fingerprint density at radius 3 is 2.92 bits per heavy atom. The van der Waals surface area contributed by atoms with E-state index < -0.39 is 5.60 Å². The SMILES string of the molecule is CC(C)(C)OC(=O)N1CCc2cccc(NC3CCCOCC3)c2C1. The van der Waals surface area contributed by atoms with Crippen molar-refractivity contribution < 1.29 is 14.3 Å². The fraction of sp³-hybridized carbons (Fsp3) is 0.650. The highest BCUT2D eigenvalue weighted by atomic mass is 16.6. The summed E-state index contributed by atoms with van der Waals surface area (Å²) in [4.78, 5) is 14.3. The lowest BCUT2D eigenvalue weighted by Gasteiger charge is -2.33. The van der Waals surface area contributed by atoms with E-state index in [0.29, 0.717) is 19.1 Å². The molecule has 2 aliphatic rings. The highest BCUT2D eigenvalue weighted by Gasteiger charge is 2.27. The van der Waals surface area contributed by atoms with Crippen LogP contribution in [0, 0.1) is 0 Å². The van der Waals surface area contributed by atoms with Gasteiger partial charge in [-0.3, -0.25) is 0 Å². The number of hydrogen-bond donors (Lipinski definition) is 1. The molecule has 1 atom stereocenters. The minimum atomic E-state index is -0.463. The Kier molecular flexibility index (Phi) is 5.52. The van der Waals surface area contributed by atoms with Gasteiger partial charge >= 0.3 is 6.09 Å². The standard InChI is InChI=1S/C20H30N2O3/c1-20(2,3)25-19(23)22-11-9-15-6-4-8-18(17(15)14-22)21-16-7-5-12-24-13-10-16/h4,6,8,16,21H,5,7,9-14H2,1-3H3. The summed E-state index contributed by atoms with van der Waals surface area (Å²) < 4.78 is 11.1. The maximum absolute atomic E-state index is 12.4. The summed E-state index contributed by atoms with van der Waals surface area (Å²) in [7, 11) is 0. The van der Waals surface area contributed by atoms with Gasteiger partial charge in [-0.25, -0.2) is 4.79 Å². The molecule has 1 unspecified atom stereocenters. The Balaban J connectivity index is 1.72. The third-order valence-electron chi connectivity index (χ3n) is 4.74. The molecule has 1 saturated heterocycles. The molecule has 0 aromatic heterocycles. The Labute approximate surface area is 150 Å². The van der Waals surface area contributed by atoms with Crippen LogP contribution >= 0.6 is 0 Å². The van der Waals surface area contributed by atoms with Crippen molar-refractivity contribution in [2.24, 2.45) is 0 Å². The smallest absolute Gasteiger partial charge is 0.410 e. The predicted octanol–water partition coefficient (Wildman–Crippen LogP) is 3.96. The fourth-order valence-electron chi connectivity index (χ4n) is 3.47. The second kappa shape index (κ2) is 7.65. The largest absolute Gasteiger partial charge is 0.444 e. The molecule has 1 amide bonds. The van der Waals surface area contributed by atoms with Gasteiger partial charge in [-0.1, -0.05) is 12.1 Å². The zero-order chi connectivity index (χ0) is 17.9. The van der Waals surface area contributed by atoms with Crippen LogP contribution in [-0.4, -0.2) is 42.4 Å². The first kappa shape index (κ1) is 18.1. The molecule has 0 radical (unpaired) electrons. The van der Waals surface area contributed by atoms with Crippen LogP contribution < -0.4 is 5.32 Å². The van der Waals surface area contributed by atoms with E-state index in [2.05, 4.69) is 23.5 Å². The lowest BCUT2D eigenvalue weighted by Crippen LogP contribution is -2.40. The van der Waals surface area contributed by atoms with Gasteiger partial charge in [-0.05, 0) is 63.6 Å². The van der Waals surface area contributed by atoms with Gasteiger partial charge in [0.05, 0.1) is 6.54 Å². The first-order chi connectivity index (χ1) is 11.9. The van der Waals surface area contributed by atoms with Crippen LogP contribution in [0.15, 0.2) is 18.2 Å². The van der Waals surface area contributed by atoms with Crippen molar-refractivity contribution in [3.8, 4) is 0 Å². The monoisotopic (exact) mass is 346 g/mol. The first-order valence-corrected chi connectivity index (χ1v) is 9.35. The van der Waals surface area contributed by atoms with Crippen LogP contribution in [-0.2, 0) is 22.4 Å². The van der Waals surface area contributed by atoms with E-state index in [1.165, 1.54) is 11.1 Å². The zero-order valence-corrected chi connectivity index (χ0v) is 15.6. The quantitative estimate of drug-likeness (QED) is 0.880. The zero-order valence-electron chi connectivity index (χ0n) is 15.6. The number of nitrogens with zero attached hydrogens (tertiary/aromatic N) is 1. The summed E-state index contributed by atoms with van der Waals surface area (Å²) in [5.41, 5.74) is 3.24. The van der Waals surface area contributed by atoms with Crippen LogP contribution in [0.1, 0.15) is 51.2 Å². The molecular formula is C20H30N2O3. The number of amides is 1. The second-order valence-corrected chi connectivity index (χ2v) is 7.98. The minimum absolute atomic E-state index is 0.226. The summed E-state index contributed by atoms with van der Waals surface area (Å²) in [6.07, 6.45) is 3.89. The first-order valence-electron chi connectivity index (χ1n) is 9.35. The molecule has 0 saturated carbocycles. The van der Waals surface area contributed by atoms with E-state index in [1.807, 2.05) is 25.7 Å². The molecule has 0 aliphatic carbocycles. The minimum Gasteiger partial charge on any atom is -0.444 e. The Morgan fingerprint density at radius 1 is 1.28 bits per heavy atom. The Bertz CT molecular complexity index is 601. The molecule has 5 heteroatoms. The number of anilines is 1. The lowest BCUT2D eigenvalue weighted by molar-refractivity contribution is 0.0224. The number of carbonyl (C=O) groups excluding carboxylic acids is 1. The normalized spacial score (nSPS) is 21.2. The van der Waals surface area contributed by atoms with E-state index in [9.17, 15) is 4.79 Å². The van der Waals surface area contributed by atoms with Gasteiger partial charge in [0.15, 0.2) is 0 Å². The van der Waals surface area contributed by atoms with Crippen molar-refractivity contribution >= 4 is 11.8 Å². The van der Waals surface area contributed by atoms with Crippen molar-refractivity contribution in [2.75, 3.05) is 25.1 Å². The van der Waals surface area contributed by atoms with Crippen LogP contribution in [0.2, 0.25) is 0 Å². The van der Waals surface area contributed by atoms with Crippen LogP contribution in [0.5, 0.6) is 0 Å². The molecule has 1 aromatic rings. The van der Waals surface area contributed by atoms with Crippen molar-refractivity contribution in [3.05, 3.63) is 29.3 Å². The van der Waals surface area contributed by atoms with Crippen molar-refractivity contribution in [3.63, 3.8) is 0 Å². The number of benzene rings is 1. The van der Waals surface area contributed by atoms with E-state index >= 15 is 0 Å². The topological polar surface area (TPSA) is 50.8 Å². The third kappa shape index (κ3) is 4.88. The highest BCUT2D eigenvalue weighted by molar-refractivity contribution is 5.70. The molecule has 3 rings (SSSR count). The van der Waals surface area contributed by atoms with Crippen molar-refractivity contribution in [2.45, 2.75) is 64.6 Å². The van der Waals surface area contributed by atoms with E-state index in [-0.39, 0.29) is 6.09 Å². The molecule has 2 heterocycles. The van der Waals surface area contributed by atoms with Crippen LogP contribution in [0.25, 0.3) is 0 Å². The van der Waals surface area contributed by atoms with Crippen LogP contribution in [0.3, 0.4) is 0 Å². The van der Waals surface area contributed by atoms with E-state index in [1.54, 1.807) is 0 Å². The molecule has 138 valence electrons. The third-order valence-corrected chi connectivity index (χ3v) is 4.74. The van der Waals surface area contributed by atoms with Gasteiger partial charge in [-0.15, -0.1) is 0 Å². The highest BCUT2D eigenvalue weighted by Crippen LogP contribution is 2.29. The number of rotatable bonds is 2. The average molecular weight is 346 g/mol. The molecule has 1 aromatic carbocycles. The average Bonchev–Trinajstić information content (AvgIpc) is 2.82. The summed E-state index contributed by atoms with van der Waals surface area (Å²) in [5, 5.41) is 3.70. The van der Waals surface area contributed by atoms with Gasteiger partial charge in [-0.2, -0.15) is 0 Å². The van der Waals surface area contributed by atoms with Crippen molar-refractivity contribution in [1.29, 1.82) is 0 Å². The molecular weight excluding hydrogens is 316 g/mol. The number of hydrogen-bond acceptors (Lipinski definition) is 4. The molecule has 5 nitrogen and oxygen atoms in total. The molecule has 1 fully saturated rings. The molecule has 1 N–H and O–H groups in total. The van der Waals surface area contributed by atoms with Crippen LogP contribution in [0.4, 0.5) is 10.5 Å². The number of ether oxygens (including phenoxy) is 2. The lowest BCUT2D eigenvalue weighted by atomic mass is 9.97. The van der Waals surface area contributed by atoms with E-state index in [4.69, 9.17) is 9.47 Å². The number of carbonyl (C=O) groups is 1. The second-order valence-electron chi connectivity index (χ2n) is 7.98.